The number of benzene rings is 1. The molecule has 0 saturated carbocycles. The maximum Gasteiger partial charge on any atom is 0.153 e. The van der Waals surface area contributed by atoms with E-state index in [2.05, 4.69) is 6.92 Å². The molecule has 0 aliphatic heterocycles. The fourth-order valence-corrected chi connectivity index (χ4v) is 2.05. The van der Waals surface area contributed by atoms with Gasteiger partial charge in [-0.1, -0.05) is 6.92 Å². The summed E-state index contributed by atoms with van der Waals surface area (Å²) >= 11 is 0. The lowest BCUT2D eigenvalue weighted by molar-refractivity contribution is 0.111. The number of carbonyl (C=O) groups excluding carboxylic acids is 1. The van der Waals surface area contributed by atoms with Gasteiger partial charge < -0.3 is 4.74 Å². The highest BCUT2D eigenvalue weighted by Crippen LogP contribution is 2.29. The zero-order chi connectivity index (χ0) is 10.7. The Labute approximate surface area is 90.3 Å². The van der Waals surface area contributed by atoms with Crippen LogP contribution < -0.4 is 4.74 Å². The third-order valence-electron chi connectivity index (χ3n) is 2.81. The van der Waals surface area contributed by atoms with Crippen LogP contribution in [0.1, 0.15) is 41.3 Å². The van der Waals surface area contributed by atoms with Crippen LogP contribution in [0.2, 0.25) is 0 Å². The van der Waals surface area contributed by atoms with E-state index in [1.165, 1.54) is 17.5 Å². The predicted octanol–water partition coefficient (Wildman–Crippen LogP) is 2.78. The Balaban J connectivity index is 2.31. The second-order valence-electron chi connectivity index (χ2n) is 3.98. The van der Waals surface area contributed by atoms with Crippen molar-refractivity contribution in [1.82, 2.24) is 0 Å². The summed E-state index contributed by atoms with van der Waals surface area (Å²) in [7, 11) is 0. The molecule has 0 atom stereocenters. The number of hydrogen-bond donors (Lipinski definition) is 0. The van der Waals surface area contributed by atoms with Crippen molar-refractivity contribution in [2.24, 2.45) is 0 Å². The van der Waals surface area contributed by atoms with Crippen LogP contribution in [-0.2, 0) is 12.8 Å². The Kier molecular flexibility index (Phi) is 3.05. The van der Waals surface area contributed by atoms with E-state index < -0.39 is 0 Å². The molecule has 15 heavy (non-hydrogen) atoms. The third-order valence-corrected chi connectivity index (χ3v) is 2.81. The van der Waals surface area contributed by atoms with E-state index in [-0.39, 0.29) is 0 Å². The summed E-state index contributed by atoms with van der Waals surface area (Å²) in [6, 6.07) is 4.03. The van der Waals surface area contributed by atoms with Gasteiger partial charge in [0.25, 0.3) is 0 Å². The van der Waals surface area contributed by atoms with Gasteiger partial charge in [0.2, 0.25) is 0 Å². The second kappa shape index (κ2) is 4.47. The molecule has 2 nitrogen and oxygen atoms in total. The molecule has 0 radical (unpaired) electrons. The van der Waals surface area contributed by atoms with E-state index in [9.17, 15) is 4.79 Å². The van der Waals surface area contributed by atoms with Gasteiger partial charge in [0.1, 0.15) is 5.75 Å². The SMILES string of the molecule is CCCOc1cc2c(cc1C=O)CCC2. The number of ether oxygens (including phenoxy) is 1. The van der Waals surface area contributed by atoms with E-state index in [1.54, 1.807) is 0 Å². The monoisotopic (exact) mass is 204 g/mol. The number of carbonyl (C=O) groups is 1. The second-order valence-corrected chi connectivity index (χ2v) is 3.98. The molecule has 0 aromatic heterocycles. The van der Waals surface area contributed by atoms with Crippen LogP contribution in [0.15, 0.2) is 12.1 Å². The first kappa shape index (κ1) is 10.2. The Bertz CT molecular complexity index is 369. The van der Waals surface area contributed by atoms with E-state index >= 15 is 0 Å². The molecule has 0 heterocycles. The largest absolute Gasteiger partial charge is 0.493 e. The van der Waals surface area contributed by atoms with Crippen molar-refractivity contribution in [3.05, 3.63) is 28.8 Å². The Morgan fingerprint density at radius 3 is 2.73 bits per heavy atom. The van der Waals surface area contributed by atoms with E-state index in [1.807, 2.05) is 12.1 Å². The maximum absolute atomic E-state index is 10.9. The number of fused-ring (bicyclic) bond motifs is 1. The predicted molar refractivity (Wildman–Crippen MR) is 59.6 cm³/mol. The summed E-state index contributed by atoms with van der Waals surface area (Å²) in [4.78, 5) is 10.9. The Morgan fingerprint density at radius 2 is 2.07 bits per heavy atom. The molecule has 80 valence electrons. The molecule has 0 bridgehead atoms. The van der Waals surface area contributed by atoms with Gasteiger partial charge in [-0.25, -0.2) is 0 Å². The fraction of sp³-hybridized carbons (Fsp3) is 0.462. The number of aryl methyl sites for hydroxylation is 2. The van der Waals surface area contributed by atoms with Gasteiger partial charge in [-0.2, -0.15) is 0 Å². The Hall–Kier alpha value is -1.31. The molecule has 0 unspecified atom stereocenters. The molecule has 0 spiro atoms. The zero-order valence-corrected chi connectivity index (χ0v) is 9.08. The summed E-state index contributed by atoms with van der Waals surface area (Å²) in [5.41, 5.74) is 3.37. The molecule has 0 amide bonds. The molecule has 1 aromatic carbocycles. The molecule has 1 aliphatic carbocycles. The molecular formula is C13H16O2. The van der Waals surface area contributed by atoms with Crippen LogP contribution in [0.5, 0.6) is 5.75 Å². The third kappa shape index (κ3) is 2.04. The molecule has 0 N–H and O–H groups in total. The molecule has 2 rings (SSSR count). The van der Waals surface area contributed by atoms with Crippen LogP contribution >= 0.6 is 0 Å². The minimum absolute atomic E-state index is 0.680. The minimum Gasteiger partial charge on any atom is -0.493 e. The van der Waals surface area contributed by atoms with Gasteiger partial charge in [-0.05, 0) is 48.9 Å². The standard InChI is InChI=1S/C13H16O2/c1-2-6-15-13-8-11-5-3-4-10(11)7-12(13)9-14/h7-9H,2-6H2,1H3. The van der Waals surface area contributed by atoms with E-state index in [0.29, 0.717) is 12.2 Å². The van der Waals surface area contributed by atoms with Gasteiger partial charge in [0, 0.05) is 0 Å². The van der Waals surface area contributed by atoms with Crippen LogP contribution in [0.3, 0.4) is 0 Å². The molecule has 0 saturated heterocycles. The summed E-state index contributed by atoms with van der Waals surface area (Å²) in [6.45, 7) is 2.74. The first-order valence-electron chi connectivity index (χ1n) is 5.59. The van der Waals surface area contributed by atoms with Gasteiger partial charge in [0.15, 0.2) is 6.29 Å². The van der Waals surface area contributed by atoms with Crippen molar-refractivity contribution in [3.63, 3.8) is 0 Å². The normalized spacial score (nSPS) is 13.7. The molecular weight excluding hydrogens is 188 g/mol. The minimum atomic E-state index is 0.680. The highest BCUT2D eigenvalue weighted by Gasteiger charge is 2.14. The van der Waals surface area contributed by atoms with Crippen molar-refractivity contribution >= 4 is 6.29 Å². The first-order chi connectivity index (χ1) is 7.35. The van der Waals surface area contributed by atoms with Gasteiger partial charge in [-0.15, -0.1) is 0 Å². The zero-order valence-electron chi connectivity index (χ0n) is 9.08. The molecule has 1 aliphatic rings. The lowest BCUT2D eigenvalue weighted by Gasteiger charge is -2.09. The summed E-state index contributed by atoms with van der Waals surface area (Å²) < 4.78 is 5.57. The van der Waals surface area contributed by atoms with Crippen molar-refractivity contribution in [1.29, 1.82) is 0 Å². The average Bonchev–Trinajstić information content (AvgIpc) is 2.71. The van der Waals surface area contributed by atoms with Gasteiger partial charge in [0.05, 0.1) is 12.2 Å². The topological polar surface area (TPSA) is 26.3 Å². The van der Waals surface area contributed by atoms with E-state index in [0.717, 1.165) is 31.3 Å². The highest BCUT2D eigenvalue weighted by molar-refractivity contribution is 5.80. The lowest BCUT2D eigenvalue weighted by atomic mass is 10.1. The van der Waals surface area contributed by atoms with Crippen LogP contribution in [0.25, 0.3) is 0 Å². The fourth-order valence-electron chi connectivity index (χ4n) is 2.05. The van der Waals surface area contributed by atoms with Gasteiger partial charge >= 0.3 is 0 Å². The van der Waals surface area contributed by atoms with Crippen molar-refractivity contribution in [2.75, 3.05) is 6.61 Å². The van der Waals surface area contributed by atoms with Crippen LogP contribution in [-0.4, -0.2) is 12.9 Å². The highest BCUT2D eigenvalue weighted by atomic mass is 16.5. The lowest BCUT2D eigenvalue weighted by Crippen LogP contribution is -2.00. The van der Waals surface area contributed by atoms with Crippen molar-refractivity contribution < 1.29 is 9.53 Å². The van der Waals surface area contributed by atoms with E-state index in [4.69, 9.17) is 4.74 Å². The average molecular weight is 204 g/mol. The number of rotatable bonds is 4. The quantitative estimate of drug-likeness (QED) is 0.705. The summed E-state index contributed by atoms with van der Waals surface area (Å²) in [6.07, 6.45) is 5.28. The van der Waals surface area contributed by atoms with Gasteiger partial charge in [-0.3, -0.25) is 4.79 Å². The number of aldehydes is 1. The maximum atomic E-state index is 10.9. The van der Waals surface area contributed by atoms with Crippen molar-refractivity contribution in [3.8, 4) is 5.75 Å². The van der Waals surface area contributed by atoms with Crippen LogP contribution in [0.4, 0.5) is 0 Å². The first-order valence-corrected chi connectivity index (χ1v) is 5.59. The van der Waals surface area contributed by atoms with Crippen molar-refractivity contribution in [2.45, 2.75) is 32.6 Å². The molecule has 1 aromatic rings. The summed E-state index contributed by atoms with van der Waals surface area (Å²) in [5, 5.41) is 0. The Morgan fingerprint density at radius 1 is 1.33 bits per heavy atom. The molecule has 0 fully saturated rings. The number of hydrogen-bond acceptors (Lipinski definition) is 2. The molecule has 2 heteroatoms. The van der Waals surface area contributed by atoms with Crippen LogP contribution in [0, 0.1) is 0 Å². The smallest absolute Gasteiger partial charge is 0.153 e. The summed E-state index contributed by atoms with van der Waals surface area (Å²) in [5.74, 6) is 0.757.